The Balaban J connectivity index is 1.85. The maximum atomic E-state index is 11.9. The van der Waals surface area contributed by atoms with Gasteiger partial charge in [0.05, 0.1) is 17.4 Å². The number of hydrogen-bond donors (Lipinski definition) is 3. The number of nitrogens with one attached hydrogen (secondary N) is 2. The number of carbonyl (C=O) groups excluding carboxylic acids is 1. The molecule has 0 spiro atoms. The van der Waals surface area contributed by atoms with Crippen molar-refractivity contribution in [3.05, 3.63) is 15.9 Å². The van der Waals surface area contributed by atoms with Crippen LogP contribution in [0.1, 0.15) is 38.2 Å². The summed E-state index contributed by atoms with van der Waals surface area (Å²) in [5, 5.41) is 12.8. The summed E-state index contributed by atoms with van der Waals surface area (Å²) in [4.78, 5) is 30.1. The first kappa shape index (κ1) is 16.8. The molecule has 2 rings (SSSR count). The maximum absolute atomic E-state index is 11.9. The molecule has 2 heterocycles. The minimum absolute atomic E-state index is 0.0984. The second kappa shape index (κ2) is 7.64. The summed E-state index contributed by atoms with van der Waals surface area (Å²) in [5.74, 6) is -0.433. The number of rotatable bonds is 6. The quantitative estimate of drug-likeness (QED) is 0.531. The normalized spacial score (nSPS) is 17.9. The van der Waals surface area contributed by atoms with Crippen molar-refractivity contribution in [2.24, 2.45) is 0 Å². The second-order valence-electron chi connectivity index (χ2n) is 5.49. The first-order valence-corrected chi connectivity index (χ1v) is 8.30. The van der Waals surface area contributed by atoms with Gasteiger partial charge in [-0.1, -0.05) is 25.6 Å². The molecule has 1 aliphatic rings. The van der Waals surface area contributed by atoms with E-state index in [9.17, 15) is 14.7 Å². The minimum Gasteiger partial charge on any atom is -0.493 e. The predicted octanol–water partition coefficient (Wildman–Crippen LogP) is 0.986. The van der Waals surface area contributed by atoms with Crippen molar-refractivity contribution in [2.75, 3.05) is 18.9 Å². The Morgan fingerprint density at radius 2 is 2.36 bits per heavy atom. The molecule has 122 valence electrons. The molecule has 8 heteroatoms. The molecule has 1 amide bonds. The van der Waals surface area contributed by atoms with E-state index >= 15 is 0 Å². The average Bonchev–Trinajstić information content (AvgIpc) is 2.95. The lowest BCUT2D eigenvalue weighted by atomic mass is 10.1. The molecule has 0 radical (unpaired) electrons. The molecule has 1 saturated heterocycles. The van der Waals surface area contributed by atoms with Crippen molar-refractivity contribution in [1.82, 2.24) is 15.3 Å². The molecule has 1 fully saturated rings. The van der Waals surface area contributed by atoms with E-state index in [2.05, 4.69) is 15.3 Å². The lowest BCUT2D eigenvalue weighted by molar-refractivity contribution is -0.119. The molecule has 1 atom stereocenters. The molecule has 0 aliphatic carbocycles. The highest BCUT2D eigenvalue weighted by molar-refractivity contribution is 7.99. The fourth-order valence-corrected chi connectivity index (χ4v) is 2.94. The molecule has 1 unspecified atom stereocenters. The standard InChI is InChI=1S/C14H21N3O4S/c1-8(2)11-12(19)16-14(17-13(11)20)22-7-10(18)15-6-9-4-3-5-21-9/h8-9H,3-7H2,1-2H3,(H,15,18)(H2,16,17,19,20). The van der Waals surface area contributed by atoms with E-state index in [-0.39, 0.29) is 45.8 Å². The molecule has 0 bridgehead atoms. The summed E-state index contributed by atoms with van der Waals surface area (Å²) in [6, 6.07) is 0. The van der Waals surface area contributed by atoms with Gasteiger partial charge in [-0.3, -0.25) is 9.59 Å². The lowest BCUT2D eigenvalue weighted by Crippen LogP contribution is -2.33. The predicted molar refractivity (Wildman–Crippen MR) is 83.3 cm³/mol. The largest absolute Gasteiger partial charge is 0.493 e. The van der Waals surface area contributed by atoms with E-state index in [1.165, 1.54) is 0 Å². The van der Waals surface area contributed by atoms with Crippen molar-refractivity contribution in [3.63, 3.8) is 0 Å². The zero-order valence-corrected chi connectivity index (χ0v) is 13.5. The smallest absolute Gasteiger partial charge is 0.258 e. The molecule has 1 aliphatic heterocycles. The van der Waals surface area contributed by atoms with Gasteiger partial charge in [0.15, 0.2) is 5.16 Å². The number of ether oxygens (including phenoxy) is 1. The Labute approximate surface area is 132 Å². The molecular formula is C14H21N3O4S. The van der Waals surface area contributed by atoms with Crippen LogP contribution in [-0.4, -0.2) is 46.0 Å². The number of H-pyrrole nitrogens is 1. The fourth-order valence-electron chi connectivity index (χ4n) is 2.26. The van der Waals surface area contributed by atoms with Gasteiger partial charge >= 0.3 is 0 Å². The fraction of sp³-hybridized carbons (Fsp3) is 0.643. The molecule has 1 aromatic heterocycles. The highest BCUT2D eigenvalue weighted by Gasteiger charge is 2.17. The molecule has 7 nitrogen and oxygen atoms in total. The van der Waals surface area contributed by atoms with Crippen LogP contribution in [0.25, 0.3) is 0 Å². The van der Waals surface area contributed by atoms with E-state index in [0.29, 0.717) is 6.54 Å². The molecular weight excluding hydrogens is 306 g/mol. The summed E-state index contributed by atoms with van der Waals surface area (Å²) in [6.45, 7) is 4.86. The number of amides is 1. The first-order chi connectivity index (χ1) is 10.5. The highest BCUT2D eigenvalue weighted by atomic mass is 32.2. The summed E-state index contributed by atoms with van der Waals surface area (Å²) in [6.07, 6.45) is 2.09. The third-order valence-corrected chi connectivity index (χ3v) is 4.25. The SMILES string of the molecule is CC(C)c1c(O)nc(SCC(=O)NCC2CCCO2)[nH]c1=O. The van der Waals surface area contributed by atoms with Crippen molar-refractivity contribution in [1.29, 1.82) is 0 Å². The minimum atomic E-state index is -0.371. The van der Waals surface area contributed by atoms with Crippen LogP contribution < -0.4 is 10.9 Å². The third-order valence-electron chi connectivity index (χ3n) is 3.38. The number of hydrogen-bond acceptors (Lipinski definition) is 6. The molecule has 22 heavy (non-hydrogen) atoms. The van der Waals surface area contributed by atoms with Crippen LogP contribution in [-0.2, 0) is 9.53 Å². The van der Waals surface area contributed by atoms with Crippen LogP contribution in [0, 0.1) is 0 Å². The zero-order chi connectivity index (χ0) is 16.1. The van der Waals surface area contributed by atoms with Crippen LogP contribution >= 0.6 is 11.8 Å². The van der Waals surface area contributed by atoms with Crippen molar-refractivity contribution >= 4 is 17.7 Å². The molecule has 1 aromatic rings. The molecule has 0 saturated carbocycles. The van der Waals surface area contributed by atoms with Gasteiger partial charge in [0.1, 0.15) is 0 Å². The van der Waals surface area contributed by atoms with Gasteiger partial charge < -0.3 is 20.1 Å². The van der Waals surface area contributed by atoms with E-state index in [0.717, 1.165) is 31.2 Å². The first-order valence-electron chi connectivity index (χ1n) is 7.31. The Bertz CT molecular complexity index is 582. The Hall–Kier alpha value is -1.54. The van der Waals surface area contributed by atoms with Crippen molar-refractivity contribution < 1.29 is 14.6 Å². The number of nitrogens with zero attached hydrogens (tertiary/aromatic N) is 1. The number of aromatic nitrogens is 2. The average molecular weight is 327 g/mol. The Morgan fingerprint density at radius 3 is 2.95 bits per heavy atom. The van der Waals surface area contributed by atoms with Gasteiger partial charge in [-0.25, -0.2) is 0 Å². The van der Waals surface area contributed by atoms with Gasteiger partial charge in [-0.2, -0.15) is 4.98 Å². The molecule has 0 aromatic carbocycles. The van der Waals surface area contributed by atoms with Gasteiger partial charge in [0.25, 0.3) is 5.56 Å². The van der Waals surface area contributed by atoms with Crippen LogP contribution in [0.5, 0.6) is 5.88 Å². The van der Waals surface area contributed by atoms with Crippen LogP contribution in [0.2, 0.25) is 0 Å². The van der Waals surface area contributed by atoms with Gasteiger partial charge in [0, 0.05) is 13.2 Å². The monoisotopic (exact) mass is 327 g/mol. The van der Waals surface area contributed by atoms with E-state index in [1.54, 1.807) is 13.8 Å². The lowest BCUT2D eigenvalue weighted by Gasteiger charge is -2.11. The van der Waals surface area contributed by atoms with Crippen molar-refractivity contribution in [3.8, 4) is 5.88 Å². The summed E-state index contributed by atoms with van der Waals surface area (Å²) in [7, 11) is 0. The summed E-state index contributed by atoms with van der Waals surface area (Å²) < 4.78 is 5.42. The zero-order valence-electron chi connectivity index (χ0n) is 12.7. The van der Waals surface area contributed by atoms with Gasteiger partial charge in [-0.05, 0) is 18.8 Å². The molecule has 3 N–H and O–H groups in total. The van der Waals surface area contributed by atoms with E-state index in [4.69, 9.17) is 4.74 Å². The van der Waals surface area contributed by atoms with E-state index in [1.807, 2.05) is 0 Å². The van der Waals surface area contributed by atoms with Gasteiger partial charge in [0.2, 0.25) is 11.8 Å². The Kier molecular flexibility index (Phi) is 5.84. The summed E-state index contributed by atoms with van der Waals surface area (Å²) >= 11 is 1.08. The number of aromatic hydroxyl groups is 1. The van der Waals surface area contributed by atoms with Crippen LogP contribution in [0.15, 0.2) is 9.95 Å². The van der Waals surface area contributed by atoms with Crippen LogP contribution in [0.3, 0.4) is 0 Å². The highest BCUT2D eigenvalue weighted by Crippen LogP contribution is 2.21. The number of thioether (sulfide) groups is 1. The maximum Gasteiger partial charge on any atom is 0.258 e. The van der Waals surface area contributed by atoms with Crippen molar-refractivity contribution in [2.45, 2.75) is 43.9 Å². The van der Waals surface area contributed by atoms with E-state index < -0.39 is 0 Å². The summed E-state index contributed by atoms with van der Waals surface area (Å²) in [5.41, 5.74) is -0.114. The topological polar surface area (TPSA) is 104 Å². The Morgan fingerprint density at radius 1 is 1.59 bits per heavy atom. The van der Waals surface area contributed by atoms with Crippen LogP contribution in [0.4, 0.5) is 0 Å². The third kappa shape index (κ3) is 4.48. The number of carbonyl (C=O) groups is 1. The van der Waals surface area contributed by atoms with Gasteiger partial charge in [-0.15, -0.1) is 0 Å². The second-order valence-corrected chi connectivity index (χ2v) is 6.45. The number of aromatic amines is 1.